The van der Waals surface area contributed by atoms with Gasteiger partial charge in [0.1, 0.15) is 11.7 Å². The van der Waals surface area contributed by atoms with Gasteiger partial charge in [-0.3, -0.25) is 4.79 Å². The van der Waals surface area contributed by atoms with Crippen LogP contribution < -0.4 is 0 Å². The standard InChI is InChI=1S/C18H28O6/c1-9-6-12(20)15(22-5)14-11-8-17(3,4)18(11,24-16(14)21)13(7-9)23-10(2)19/h6,11-16,20-21H,7-8H2,1-5H3/b9-6+/t11-,12-,13+,14+,15+,16-,18-/m1/s1. The van der Waals surface area contributed by atoms with Gasteiger partial charge in [0.05, 0.1) is 12.2 Å². The van der Waals surface area contributed by atoms with Crippen molar-refractivity contribution in [2.75, 3.05) is 7.11 Å². The molecule has 1 aliphatic heterocycles. The summed E-state index contributed by atoms with van der Waals surface area (Å²) in [5.74, 6) is -0.766. The number of rotatable bonds is 2. The van der Waals surface area contributed by atoms with Crippen LogP contribution in [0.5, 0.6) is 0 Å². The minimum Gasteiger partial charge on any atom is -0.459 e. The molecule has 1 heterocycles. The van der Waals surface area contributed by atoms with E-state index in [0.29, 0.717) is 6.42 Å². The summed E-state index contributed by atoms with van der Waals surface area (Å²) in [5.41, 5.74) is -0.0997. The summed E-state index contributed by atoms with van der Waals surface area (Å²) in [5, 5.41) is 21.2. The lowest BCUT2D eigenvalue weighted by molar-refractivity contribution is -0.276. The first-order valence-corrected chi connectivity index (χ1v) is 8.55. The van der Waals surface area contributed by atoms with Crippen LogP contribution in [0.25, 0.3) is 0 Å². The largest absolute Gasteiger partial charge is 0.459 e. The third kappa shape index (κ3) is 2.35. The molecule has 0 radical (unpaired) electrons. The van der Waals surface area contributed by atoms with Crippen molar-refractivity contribution in [3.8, 4) is 0 Å². The van der Waals surface area contributed by atoms with Crippen molar-refractivity contribution in [3.05, 3.63) is 11.6 Å². The molecule has 6 heteroatoms. The molecule has 0 aromatic carbocycles. The zero-order valence-electron chi connectivity index (χ0n) is 15.0. The van der Waals surface area contributed by atoms with E-state index in [1.807, 2.05) is 6.92 Å². The van der Waals surface area contributed by atoms with E-state index in [9.17, 15) is 15.0 Å². The molecule has 2 fully saturated rings. The number of hydrogen-bond acceptors (Lipinski definition) is 6. The molecule has 3 aliphatic rings. The predicted molar refractivity (Wildman–Crippen MR) is 85.9 cm³/mol. The molecule has 0 spiro atoms. The van der Waals surface area contributed by atoms with Crippen LogP contribution in [-0.4, -0.2) is 53.5 Å². The van der Waals surface area contributed by atoms with E-state index in [1.165, 1.54) is 14.0 Å². The fraction of sp³-hybridized carbons (Fsp3) is 0.833. The number of carbonyl (C=O) groups is 1. The van der Waals surface area contributed by atoms with Crippen molar-refractivity contribution >= 4 is 5.97 Å². The number of aliphatic hydroxyl groups excluding tert-OH is 2. The Morgan fingerprint density at radius 2 is 2.04 bits per heavy atom. The van der Waals surface area contributed by atoms with Gasteiger partial charge in [0.15, 0.2) is 6.29 Å². The van der Waals surface area contributed by atoms with Crippen LogP contribution in [0.4, 0.5) is 0 Å². The first-order valence-electron chi connectivity index (χ1n) is 8.55. The van der Waals surface area contributed by atoms with Gasteiger partial charge in [0.2, 0.25) is 0 Å². The summed E-state index contributed by atoms with van der Waals surface area (Å²) >= 11 is 0. The third-order valence-electron chi connectivity index (χ3n) is 6.19. The fourth-order valence-corrected chi connectivity index (χ4v) is 5.27. The van der Waals surface area contributed by atoms with Crippen molar-refractivity contribution in [2.45, 2.75) is 70.7 Å². The summed E-state index contributed by atoms with van der Waals surface area (Å²) in [6.45, 7) is 7.44. The van der Waals surface area contributed by atoms with E-state index in [2.05, 4.69) is 13.8 Å². The second kappa shape index (κ2) is 5.80. The van der Waals surface area contributed by atoms with Crippen LogP contribution in [0.2, 0.25) is 0 Å². The number of ether oxygens (including phenoxy) is 3. The predicted octanol–water partition coefficient (Wildman–Crippen LogP) is 1.39. The van der Waals surface area contributed by atoms with Crippen LogP contribution in [0.1, 0.15) is 40.5 Å². The molecule has 3 rings (SSSR count). The molecule has 2 N–H and O–H groups in total. The van der Waals surface area contributed by atoms with Gasteiger partial charge < -0.3 is 24.4 Å². The minimum absolute atomic E-state index is 0.0363. The zero-order chi connectivity index (χ0) is 17.9. The Balaban J connectivity index is 2.11. The van der Waals surface area contributed by atoms with Gasteiger partial charge in [-0.1, -0.05) is 25.5 Å². The number of aliphatic hydroxyl groups is 2. The highest BCUT2D eigenvalue weighted by Gasteiger charge is 2.75. The van der Waals surface area contributed by atoms with E-state index >= 15 is 0 Å². The van der Waals surface area contributed by atoms with Gasteiger partial charge in [-0.05, 0) is 18.8 Å². The van der Waals surface area contributed by atoms with E-state index in [0.717, 1.165) is 12.0 Å². The van der Waals surface area contributed by atoms with Gasteiger partial charge in [-0.2, -0.15) is 0 Å². The van der Waals surface area contributed by atoms with Crippen LogP contribution in [-0.2, 0) is 19.0 Å². The van der Waals surface area contributed by atoms with Gasteiger partial charge in [0, 0.05) is 32.3 Å². The summed E-state index contributed by atoms with van der Waals surface area (Å²) in [4.78, 5) is 11.7. The van der Waals surface area contributed by atoms with E-state index in [1.54, 1.807) is 6.08 Å². The lowest BCUT2D eigenvalue weighted by Crippen LogP contribution is -2.68. The first kappa shape index (κ1) is 17.9. The molecule has 1 saturated carbocycles. The first-order chi connectivity index (χ1) is 11.1. The highest BCUT2D eigenvalue weighted by atomic mass is 16.7. The molecular weight excluding hydrogens is 312 g/mol. The van der Waals surface area contributed by atoms with Crippen molar-refractivity contribution in [3.63, 3.8) is 0 Å². The average molecular weight is 340 g/mol. The molecule has 136 valence electrons. The smallest absolute Gasteiger partial charge is 0.303 e. The summed E-state index contributed by atoms with van der Waals surface area (Å²) < 4.78 is 17.3. The molecule has 1 saturated heterocycles. The molecule has 7 atom stereocenters. The van der Waals surface area contributed by atoms with Gasteiger partial charge in [0.25, 0.3) is 0 Å². The van der Waals surface area contributed by atoms with Gasteiger partial charge >= 0.3 is 5.97 Å². The molecule has 0 unspecified atom stereocenters. The third-order valence-corrected chi connectivity index (χ3v) is 6.19. The minimum atomic E-state index is -1.05. The Kier molecular flexibility index (Phi) is 4.31. The van der Waals surface area contributed by atoms with Crippen LogP contribution in [0, 0.1) is 17.3 Å². The monoisotopic (exact) mass is 340 g/mol. The van der Waals surface area contributed by atoms with Crippen molar-refractivity contribution < 1.29 is 29.2 Å². The number of methoxy groups -OCH3 is 1. The molecule has 0 amide bonds. The fourth-order valence-electron chi connectivity index (χ4n) is 5.27. The maximum absolute atomic E-state index is 11.7. The van der Waals surface area contributed by atoms with E-state index in [-0.39, 0.29) is 23.2 Å². The number of esters is 1. The molecule has 0 aromatic heterocycles. The second-order valence-electron chi connectivity index (χ2n) is 8.08. The summed E-state index contributed by atoms with van der Waals surface area (Å²) in [6.07, 6.45) is 0.0673. The number of hydrogen-bond donors (Lipinski definition) is 2. The Hall–Kier alpha value is -0.950. The summed E-state index contributed by atoms with van der Waals surface area (Å²) in [6, 6.07) is 0. The normalized spacial score (nSPS) is 48.9. The second-order valence-corrected chi connectivity index (χ2v) is 8.08. The lowest BCUT2D eigenvalue weighted by atomic mass is 9.47. The molecule has 0 aromatic rings. The molecule has 24 heavy (non-hydrogen) atoms. The zero-order valence-corrected chi connectivity index (χ0v) is 15.0. The van der Waals surface area contributed by atoms with E-state index < -0.39 is 30.2 Å². The molecule has 6 nitrogen and oxygen atoms in total. The topological polar surface area (TPSA) is 85.2 Å². The highest BCUT2D eigenvalue weighted by Crippen LogP contribution is 2.67. The maximum atomic E-state index is 11.7. The van der Waals surface area contributed by atoms with Crippen molar-refractivity contribution in [2.24, 2.45) is 17.3 Å². The van der Waals surface area contributed by atoms with Crippen LogP contribution in [0.15, 0.2) is 11.6 Å². The Morgan fingerprint density at radius 3 is 2.58 bits per heavy atom. The van der Waals surface area contributed by atoms with Gasteiger partial charge in [-0.15, -0.1) is 0 Å². The Labute approximate surface area is 142 Å². The lowest BCUT2D eigenvalue weighted by Gasteiger charge is -2.61. The molecule has 2 bridgehead atoms. The Morgan fingerprint density at radius 1 is 1.38 bits per heavy atom. The van der Waals surface area contributed by atoms with Crippen LogP contribution in [0.3, 0.4) is 0 Å². The number of carbonyl (C=O) groups excluding carboxylic acids is 1. The average Bonchev–Trinajstić information content (AvgIpc) is 2.70. The molecular formula is C18H28O6. The maximum Gasteiger partial charge on any atom is 0.303 e. The van der Waals surface area contributed by atoms with E-state index in [4.69, 9.17) is 14.2 Å². The molecule has 2 aliphatic carbocycles. The van der Waals surface area contributed by atoms with Crippen molar-refractivity contribution in [1.29, 1.82) is 0 Å². The summed E-state index contributed by atoms with van der Waals surface area (Å²) in [7, 11) is 1.54. The van der Waals surface area contributed by atoms with Crippen LogP contribution >= 0.6 is 0 Å². The van der Waals surface area contributed by atoms with Gasteiger partial charge in [-0.25, -0.2) is 0 Å². The Bertz CT molecular complexity index is 556. The highest BCUT2D eigenvalue weighted by molar-refractivity contribution is 5.66. The SMILES string of the molecule is CO[C@@H]1[C@H]2[C@H](O)O[C@@]3([C@@H](OC(C)=O)C/C(C)=C/[C@H]1O)[C@@H]2CC3(C)C. The quantitative estimate of drug-likeness (QED) is 0.584. The van der Waals surface area contributed by atoms with Crippen molar-refractivity contribution in [1.82, 2.24) is 0 Å².